The molecule has 5 nitrogen and oxygen atoms in total. The van der Waals surface area contributed by atoms with Crippen molar-refractivity contribution in [1.82, 2.24) is 5.32 Å². The number of oxime groups is 1. The van der Waals surface area contributed by atoms with Gasteiger partial charge in [-0.15, -0.1) is 0 Å². The predicted molar refractivity (Wildman–Crippen MR) is 80.8 cm³/mol. The van der Waals surface area contributed by atoms with E-state index in [9.17, 15) is 9.18 Å². The lowest BCUT2D eigenvalue weighted by molar-refractivity contribution is 0.0901. The summed E-state index contributed by atoms with van der Waals surface area (Å²) in [5, 5.41) is 14.8. The highest BCUT2D eigenvalue weighted by Crippen LogP contribution is 2.29. The van der Waals surface area contributed by atoms with Crippen molar-refractivity contribution in [3.8, 4) is 0 Å². The molecule has 0 bridgehead atoms. The van der Waals surface area contributed by atoms with E-state index in [0.717, 1.165) is 19.3 Å². The second-order valence-electron chi connectivity index (χ2n) is 5.21. The number of amidine groups is 1. The van der Waals surface area contributed by atoms with E-state index in [1.54, 1.807) is 6.07 Å². The van der Waals surface area contributed by atoms with Gasteiger partial charge in [-0.1, -0.05) is 40.3 Å². The normalized spacial score (nSPS) is 18.3. The summed E-state index contributed by atoms with van der Waals surface area (Å²) in [5.74, 6) is -1.21. The Balaban J connectivity index is 2.26. The Morgan fingerprint density at radius 1 is 1.38 bits per heavy atom. The number of hydrogen-bond donors (Lipinski definition) is 3. The molecule has 4 N–H and O–H groups in total. The van der Waals surface area contributed by atoms with Crippen molar-refractivity contribution in [2.24, 2.45) is 10.9 Å². The Bertz CT molecular complexity index is 571. The zero-order valence-electron chi connectivity index (χ0n) is 11.4. The van der Waals surface area contributed by atoms with Gasteiger partial charge in [0.15, 0.2) is 5.84 Å². The van der Waals surface area contributed by atoms with Crippen molar-refractivity contribution in [2.75, 3.05) is 0 Å². The summed E-state index contributed by atoms with van der Waals surface area (Å²) in [6.07, 6.45) is 3.90. The van der Waals surface area contributed by atoms with Crippen LogP contribution in [0.3, 0.4) is 0 Å². The molecule has 0 atom stereocenters. The van der Waals surface area contributed by atoms with Gasteiger partial charge in [-0.25, -0.2) is 4.39 Å². The number of nitrogens with zero attached hydrogens (tertiary/aromatic N) is 1. The highest BCUT2D eigenvalue weighted by molar-refractivity contribution is 9.10. The molecule has 21 heavy (non-hydrogen) atoms. The molecule has 1 saturated carbocycles. The summed E-state index contributed by atoms with van der Waals surface area (Å²) < 4.78 is 14.4. The van der Waals surface area contributed by atoms with Crippen LogP contribution in [0.2, 0.25) is 0 Å². The molecular formula is C14H17BrFN3O2. The van der Waals surface area contributed by atoms with Gasteiger partial charge in [0.1, 0.15) is 11.4 Å². The van der Waals surface area contributed by atoms with Gasteiger partial charge in [-0.3, -0.25) is 4.79 Å². The van der Waals surface area contributed by atoms with Gasteiger partial charge in [-0.2, -0.15) is 0 Å². The van der Waals surface area contributed by atoms with Crippen LogP contribution in [0, 0.1) is 5.82 Å². The number of hydrogen-bond acceptors (Lipinski definition) is 3. The van der Waals surface area contributed by atoms with Gasteiger partial charge >= 0.3 is 0 Å². The van der Waals surface area contributed by atoms with E-state index in [1.165, 1.54) is 12.1 Å². The zero-order chi connectivity index (χ0) is 15.5. The monoisotopic (exact) mass is 357 g/mol. The standard InChI is InChI=1S/C14H17BrFN3O2/c15-9-4-5-10(11(16)8-9)12(20)18-14(13(17)19-21)6-2-1-3-7-14/h4-5,8,21H,1-3,6-7H2,(H2,17,19)(H,18,20). The first-order valence-electron chi connectivity index (χ1n) is 6.74. The van der Waals surface area contributed by atoms with Gasteiger partial charge in [0, 0.05) is 4.47 Å². The lowest BCUT2D eigenvalue weighted by atomic mass is 9.80. The van der Waals surface area contributed by atoms with Crippen LogP contribution in [0.4, 0.5) is 4.39 Å². The van der Waals surface area contributed by atoms with Crippen LogP contribution >= 0.6 is 15.9 Å². The maximum atomic E-state index is 13.9. The number of nitrogens with two attached hydrogens (primary N) is 1. The molecule has 0 unspecified atom stereocenters. The van der Waals surface area contributed by atoms with Gasteiger partial charge in [-0.05, 0) is 31.0 Å². The van der Waals surface area contributed by atoms with Crippen molar-refractivity contribution in [1.29, 1.82) is 0 Å². The molecule has 7 heteroatoms. The maximum absolute atomic E-state index is 13.9. The van der Waals surface area contributed by atoms with Crippen LogP contribution in [-0.4, -0.2) is 22.5 Å². The minimum absolute atomic E-state index is 0.0342. The number of carbonyl (C=O) groups excluding carboxylic acids is 1. The van der Waals surface area contributed by atoms with Crippen LogP contribution in [0.25, 0.3) is 0 Å². The van der Waals surface area contributed by atoms with Crippen molar-refractivity contribution < 1.29 is 14.4 Å². The van der Waals surface area contributed by atoms with Crippen LogP contribution in [0.5, 0.6) is 0 Å². The van der Waals surface area contributed by atoms with Crippen LogP contribution < -0.4 is 11.1 Å². The Morgan fingerprint density at radius 3 is 2.62 bits per heavy atom. The first-order chi connectivity index (χ1) is 9.98. The summed E-state index contributed by atoms with van der Waals surface area (Å²) in [6, 6.07) is 4.22. The third-order valence-electron chi connectivity index (χ3n) is 3.83. The van der Waals surface area contributed by atoms with Gasteiger partial charge in [0.05, 0.1) is 5.56 Å². The molecule has 1 aliphatic carbocycles. The quantitative estimate of drug-likeness (QED) is 0.336. The molecule has 0 saturated heterocycles. The minimum atomic E-state index is -0.899. The number of halogens is 2. The fraction of sp³-hybridized carbons (Fsp3) is 0.429. The van der Waals surface area contributed by atoms with Crippen LogP contribution in [0.15, 0.2) is 27.8 Å². The molecule has 1 aromatic rings. The SMILES string of the molecule is N/C(=N/O)C1(NC(=O)c2ccc(Br)cc2F)CCCCC1. The summed E-state index contributed by atoms with van der Waals surface area (Å²) in [7, 11) is 0. The fourth-order valence-electron chi connectivity index (χ4n) is 2.65. The van der Waals surface area contributed by atoms with Gasteiger partial charge in [0.2, 0.25) is 0 Å². The van der Waals surface area contributed by atoms with Crippen molar-refractivity contribution >= 4 is 27.7 Å². The minimum Gasteiger partial charge on any atom is -0.409 e. The van der Waals surface area contributed by atoms with Gasteiger partial charge < -0.3 is 16.3 Å². The van der Waals surface area contributed by atoms with E-state index < -0.39 is 17.3 Å². The molecule has 0 radical (unpaired) electrons. The molecule has 0 spiro atoms. The predicted octanol–water partition coefficient (Wildman–Crippen LogP) is 2.77. The molecule has 0 aromatic heterocycles. The first kappa shape index (κ1) is 15.8. The van der Waals surface area contributed by atoms with Crippen molar-refractivity contribution in [2.45, 2.75) is 37.6 Å². The largest absolute Gasteiger partial charge is 0.409 e. The van der Waals surface area contributed by atoms with E-state index in [0.29, 0.717) is 17.3 Å². The third-order valence-corrected chi connectivity index (χ3v) is 4.33. The Morgan fingerprint density at radius 2 is 2.05 bits per heavy atom. The maximum Gasteiger partial charge on any atom is 0.255 e. The second kappa shape index (κ2) is 6.43. The molecule has 1 aromatic carbocycles. The molecular weight excluding hydrogens is 341 g/mol. The highest BCUT2D eigenvalue weighted by atomic mass is 79.9. The number of benzene rings is 1. The highest BCUT2D eigenvalue weighted by Gasteiger charge is 2.38. The summed E-state index contributed by atoms with van der Waals surface area (Å²) >= 11 is 3.15. The smallest absolute Gasteiger partial charge is 0.255 e. The van der Waals surface area contributed by atoms with Crippen molar-refractivity contribution in [3.63, 3.8) is 0 Å². The summed E-state index contributed by atoms with van der Waals surface area (Å²) in [6.45, 7) is 0. The van der Waals surface area contributed by atoms with Crippen LogP contribution in [-0.2, 0) is 0 Å². The Labute approximate surface area is 130 Å². The molecule has 1 fully saturated rings. The third kappa shape index (κ3) is 3.34. The molecule has 0 aliphatic heterocycles. The molecule has 0 heterocycles. The lowest BCUT2D eigenvalue weighted by Crippen LogP contribution is -2.58. The topological polar surface area (TPSA) is 87.7 Å². The second-order valence-corrected chi connectivity index (χ2v) is 6.12. The van der Waals surface area contributed by atoms with E-state index >= 15 is 0 Å². The average molecular weight is 358 g/mol. The summed E-state index contributed by atoms with van der Waals surface area (Å²) in [5.41, 5.74) is 4.79. The Kier molecular flexibility index (Phi) is 4.82. The van der Waals surface area contributed by atoms with Crippen molar-refractivity contribution in [3.05, 3.63) is 34.1 Å². The first-order valence-corrected chi connectivity index (χ1v) is 7.53. The molecule has 114 valence electrons. The average Bonchev–Trinajstić information content (AvgIpc) is 2.47. The molecule has 1 aliphatic rings. The fourth-order valence-corrected chi connectivity index (χ4v) is 2.99. The van der Waals surface area contributed by atoms with E-state index in [2.05, 4.69) is 26.4 Å². The lowest BCUT2D eigenvalue weighted by Gasteiger charge is -2.36. The van der Waals surface area contributed by atoms with Gasteiger partial charge in [0.25, 0.3) is 5.91 Å². The zero-order valence-corrected chi connectivity index (χ0v) is 13.0. The number of rotatable bonds is 3. The Hall–Kier alpha value is -1.63. The van der Waals surface area contributed by atoms with Crippen LogP contribution in [0.1, 0.15) is 42.5 Å². The number of carbonyl (C=O) groups is 1. The van der Waals surface area contributed by atoms with E-state index in [1.807, 2.05) is 0 Å². The number of nitrogens with one attached hydrogen (secondary N) is 1. The van der Waals surface area contributed by atoms with E-state index in [-0.39, 0.29) is 11.4 Å². The van der Waals surface area contributed by atoms with E-state index in [4.69, 9.17) is 10.9 Å². The number of amides is 1. The summed E-state index contributed by atoms with van der Waals surface area (Å²) in [4.78, 5) is 12.3. The molecule has 2 rings (SSSR count). The molecule has 1 amide bonds.